The van der Waals surface area contributed by atoms with E-state index in [2.05, 4.69) is 32.9 Å². The first-order chi connectivity index (χ1) is 16.5. The molecular formula is C27H31NO6S. The highest BCUT2D eigenvalue weighted by atomic mass is 32.2. The number of amides is 2. The highest BCUT2D eigenvalue weighted by Gasteiger charge is 2.36. The molecule has 8 heteroatoms. The summed E-state index contributed by atoms with van der Waals surface area (Å²) in [6.45, 7) is 10.2. The molecule has 1 heterocycles. The standard InChI is InChI=1S/C27H31NO6S/c1-18(2)34-24(29)17-28-25(30)23(35-26(28)31)16-19-7-6-8-22(15-19)33-14-13-32-21-11-9-20(10-12-21)27(3,4)5/h6-12,15-16,18H,13-14,17H2,1-5H3/b23-16-. The van der Waals surface area contributed by atoms with Gasteiger partial charge in [0.15, 0.2) is 0 Å². The number of benzene rings is 2. The van der Waals surface area contributed by atoms with Crippen LogP contribution in [-0.2, 0) is 19.7 Å². The second-order valence-corrected chi connectivity index (χ2v) is 10.3. The van der Waals surface area contributed by atoms with Crippen LogP contribution in [0.1, 0.15) is 45.7 Å². The Kier molecular flexibility index (Phi) is 8.62. The molecule has 0 radical (unpaired) electrons. The van der Waals surface area contributed by atoms with E-state index in [0.29, 0.717) is 24.5 Å². The summed E-state index contributed by atoms with van der Waals surface area (Å²) in [4.78, 5) is 37.8. The van der Waals surface area contributed by atoms with Crippen molar-refractivity contribution in [2.45, 2.75) is 46.1 Å². The van der Waals surface area contributed by atoms with Gasteiger partial charge in [-0.25, -0.2) is 0 Å². The van der Waals surface area contributed by atoms with Crippen molar-refractivity contribution in [1.82, 2.24) is 4.90 Å². The molecule has 0 aliphatic carbocycles. The Morgan fingerprint density at radius 3 is 2.29 bits per heavy atom. The third kappa shape index (κ3) is 7.62. The number of imide groups is 1. The van der Waals surface area contributed by atoms with Crippen LogP contribution < -0.4 is 9.47 Å². The molecule has 35 heavy (non-hydrogen) atoms. The molecule has 7 nitrogen and oxygen atoms in total. The maximum absolute atomic E-state index is 12.6. The van der Waals surface area contributed by atoms with Crippen LogP contribution in [0.15, 0.2) is 53.4 Å². The molecule has 0 spiro atoms. The largest absolute Gasteiger partial charge is 0.490 e. The van der Waals surface area contributed by atoms with Crippen molar-refractivity contribution < 1.29 is 28.6 Å². The van der Waals surface area contributed by atoms with Crippen molar-refractivity contribution in [3.63, 3.8) is 0 Å². The summed E-state index contributed by atoms with van der Waals surface area (Å²) in [5.41, 5.74) is 2.04. The van der Waals surface area contributed by atoms with Crippen molar-refractivity contribution in [3.05, 3.63) is 64.6 Å². The van der Waals surface area contributed by atoms with Crippen molar-refractivity contribution in [2.75, 3.05) is 19.8 Å². The molecule has 186 valence electrons. The van der Waals surface area contributed by atoms with Crippen LogP contribution in [0.4, 0.5) is 4.79 Å². The molecule has 0 saturated carbocycles. The number of carbonyl (C=O) groups excluding carboxylic acids is 3. The summed E-state index contributed by atoms with van der Waals surface area (Å²) < 4.78 is 16.6. The van der Waals surface area contributed by atoms with E-state index in [1.165, 1.54) is 5.56 Å². The molecule has 0 unspecified atom stereocenters. The zero-order valence-corrected chi connectivity index (χ0v) is 21.5. The molecule has 0 N–H and O–H groups in total. The van der Waals surface area contributed by atoms with Gasteiger partial charge in [-0.15, -0.1) is 0 Å². The van der Waals surface area contributed by atoms with Gasteiger partial charge in [-0.2, -0.15) is 0 Å². The molecule has 1 aliphatic rings. The normalized spacial score (nSPS) is 15.1. The summed E-state index contributed by atoms with van der Waals surface area (Å²) in [5.74, 6) is 0.262. The van der Waals surface area contributed by atoms with Gasteiger partial charge in [0.05, 0.1) is 11.0 Å². The molecule has 1 aliphatic heterocycles. The average Bonchev–Trinajstić information content (AvgIpc) is 3.03. The van der Waals surface area contributed by atoms with E-state index < -0.39 is 23.7 Å². The van der Waals surface area contributed by atoms with Gasteiger partial charge in [0, 0.05) is 0 Å². The quantitative estimate of drug-likeness (QED) is 0.260. The smallest absolute Gasteiger partial charge is 0.326 e. The van der Waals surface area contributed by atoms with Crippen LogP contribution in [-0.4, -0.2) is 47.9 Å². The summed E-state index contributed by atoms with van der Waals surface area (Å²) in [7, 11) is 0. The first-order valence-corrected chi connectivity index (χ1v) is 12.3. The van der Waals surface area contributed by atoms with Crippen LogP contribution in [0.3, 0.4) is 0 Å². The maximum atomic E-state index is 12.6. The SMILES string of the molecule is CC(C)OC(=O)CN1C(=O)S/C(=C\c2cccc(OCCOc3ccc(C(C)(C)C)cc3)c2)C1=O. The zero-order valence-electron chi connectivity index (χ0n) is 20.7. The van der Waals surface area contributed by atoms with Crippen LogP contribution in [0.25, 0.3) is 6.08 Å². The van der Waals surface area contributed by atoms with E-state index in [0.717, 1.165) is 22.4 Å². The summed E-state index contributed by atoms with van der Waals surface area (Å²) in [6.07, 6.45) is 1.29. The molecule has 0 atom stereocenters. The number of rotatable bonds is 9. The van der Waals surface area contributed by atoms with Crippen LogP contribution in [0.2, 0.25) is 0 Å². The van der Waals surface area contributed by atoms with Gasteiger partial charge in [0.2, 0.25) is 0 Å². The lowest BCUT2D eigenvalue weighted by Crippen LogP contribution is -2.35. The van der Waals surface area contributed by atoms with Gasteiger partial charge >= 0.3 is 5.97 Å². The maximum Gasteiger partial charge on any atom is 0.326 e. The number of nitrogens with zero attached hydrogens (tertiary/aromatic N) is 1. The Morgan fingerprint density at radius 2 is 1.66 bits per heavy atom. The number of esters is 1. The van der Waals surface area contributed by atoms with Crippen molar-refractivity contribution in [3.8, 4) is 11.5 Å². The first kappa shape index (κ1) is 26.3. The Hall–Kier alpha value is -3.26. The average molecular weight is 498 g/mol. The van der Waals surface area contributed by atoms with E-state index in [1.807, 2.05) is 18.2 Å². The Bertz CT molecular complexity index is 1100. The van der Waals surface area contributed by atoms with Crippen molar-refractivity contribution >= 4 is 35.0 Å². The van der Waals surface area contributed by atoms with Gasteiger partial charge in [0.25, 0.3) is 11.1 Å². The lowest BCUT2D eigenvalue weighted by molar-refractivity contribution is -0.149. The molecule has 2 aromatic carbocycles. The second kappa shape index (κ2) is 11.4. The fraction of sp³-hybridized carbons (Fsp3) is 0.370. The van der Waals surface area contributed by atoms with Gasteiger partial charge in [-0.3, -0.25) is 19.3 Å². The molecule has 0 bridgehead atoms. The van der Waals surface area contributed by atoms with Gasteiger partial charge < -0.3 is 14.2 Å². The minimum atomic E-state index is -0.619. The van der Waals surface area contributed by atoms with Crippen molar-refractivity contribution in [1.29, 1.82) is 0 Å². The fourth-order valence-electron chi connectivity index (χ4n) is 3.28. The lowest BCUT2D eigenvalue weighted by Gasteiger charge is -2.19. The molecule has 2 amide bonds. The Morgan fingerprint density at radius 1 is 1.00 bits per heavy atom. The number of thioether (sulfide) groups is 1. The minimum absolute atomic E-state index is 0.0920. The summed E-state index contributed by atoms with van der Waals surface area (Å²) in [6, 6.07) is 15.2. The van der Waals surface area contributed by atoms with Crippen LogP contribution >= 0.6 is 11.8 Å². The minimum Gasteiger partial charge on any atom is -0.490 e. The molecule has 1 saturated heterocycles. The third-order valence-electron chi connectivity index (χ3n) is 5.02. The fourth-order valence-corrected chi connectivity index (χ4v) is 4.12. The number of hydrogen-bond acceptors (Lipinski definition) is 7. The highest BCUT2D eigenvalue weighted by molar-refractivity contribution is 8.18. The monoisotopic (exact) mass is 497 g/mol. The molecule has 0 aromatic heterocycles. The number of ether oxygens (including phenoxy) is 3. The van der Waals surface area contributed by atoms with E-state index in [4.69, 9.17) is 14.2 Å². The Labute approximate surface area is 210 Å². The van der Waals surface area contributed by atoms with Gasteiger partial charge in [0.1, 0.15) is 31.3 Å². The first-order valence-electron chi connectivity index (χ1n) is 11.4. The summed E-state index contributed by atoms with van der Waals surface area (Å²) in [5, 5.41) is -0.498. The molecule has 1 fully saturated rings. The molecule has 3 rings (SSSR count). The zero-order chi connectivity index (χ0) is 25.6. The topological polar surface area (TPSA) is 82.1 Å². The number of carbonyl (C=O) groups is 3. The second-order valence-electron chi connectivity index (χ2n) is 9.35. The van der Waals surface area contributed by atoms with E-state index in [9.17, 15) is 14.4 Å². The van der Waals surface area contributed by atoms with Crippen LogP contribution in [0.5, 0.6) is 11.5 Å². The lowest BCUT2D eigenvalue weighted by atomic mass is 9.87. The van der Waals surface area contributed by atoms with E-state index in [1.54, 1.807) is 38.1 Å². The van der Waals surface area contributed by atoms with Crippen molar-refractivity contribution in [2.24, 2.45) is 0 Å². The van der Waals surface area contributed by atoms with E-state index in [-0.39, 0.29) is 16.4 Å². The number of hydrogen-bond donors (Lipinski definition) is 0. The Balaban J connectivity index is 1.54. The van der Waals surface area contributed by atoms with E-state index >= 15 is 0 Å². The molecule has 2 aromatic rings. The highest BCUT2D eigenvalue weighted by Crippen LogP contribution is 2.32. The predicted octanol–water partition coefficient (Wildman–Crippen LogP) is 5.43. The third-order valence-corrected chi connectivity index (χ3v) is 5.93. The van der Waals surface area contributed by atoms with Gasteiger partial charge in [-0.05, 0) is 72.5 Å². The summed E-state index contributed by atoms with van der Waals surface area (Å²) >= 11 is 0.795. The van der Waals surface area contributed by atoms with Gasteiger partial charge in [-0.1, -0.05) is 45.0 Å². The predicted molar refractivity (Wildman–Crippen MR) is 136 cm³/mol. The molecular weight excluding hydrogens is 466 g/mol. The van der Waals surface area contributed by atoms with Crippen LogP contribution in [0, 0.1) is 0 Å².